The average molecular weight is 393 g/mol. The maximum absolute atomic E-state index is 12.5. The zero-order valence-electron chi connectivity index (χ0n) is 14.4. The lowest BCUT2D eigenvalue weighted by molar-refractivity contribution is 0.185. The van der Waals surface area contributed by atoms with Crippen molar-refractivity contribution >= 4 is 26.8 Å². The van der Waals surface area contributed by atoms with Crippen LogP contribution in [-0.2, 0) is 0 Å². The molecule has 1 unspecified atom stereocenters. The summed E-state index contributed by atoms with van der Waals surface area (Å²) in [6.45, 7) is 6.45. The maximum Gasteiger partial charge on any atom is 0.258 e. The summed E-state index contributed by atoms with van der Waals surface area (Å²) < 4.78 is 0.899. The van der Waals surface area contributed by atoms with Crippen LogP contribution in [0.2, 0.25) is 0 Å². The van der Waals surface area contributed by atoms with E-state index in [9.17, 15) is 4.79 Å². The van der Waals surface area contributed by atoms with Gasteiger partial charge in [0.05, 0.1) is 16.9 Å². The Kier molecular flexibility index (Phi) is 5.69. The molecule has 0 bridgehead atoms. The minimum atomic E-state index is -0.0515. The Morgan fingerprint density at radius 3 is 2.92 bits per heavy atom. The van der Waals surface area contributed by atoms with Gasteiger partial charge in [-0.1, -0.05) is 29.3 Å². The van der Waals surface area contributed by atoms with E-state index in [2.05, 4.69) is 44.7 Å². The molecule has 1 N–H and O–H groups in total. The zero-order chi connectivity index (χ0) is 17.1. The molecule has 2 heterocycles. The number of rotatable bonds is 4. The van der Waals surface area contributed by atoms with Crippen LogP contribution in [0.3, 0.4) is 0 Å². The molecule has 0 saturated carbocycles. The second-order valence-electron chi connectivity index (χ2n) is 6.61. The summed E-state index contributed by atoms with van der Waals surface area (Å²) in [4.78, 5) is 25.2. The summed E-state index contributed by atoms with van der Waals surface area (Å²) in [5.41, 5.74) is 0.717. The highest BCUT2D eigenvalue weighted by atomic mass is 79.9. The molecule has 0 amide bonds. The van der Waals surface area contributed by atoms with Crippen molar-refractivity contribution in [3.05, 3.63) is 38.9 Å². The molecule has 1 aromatic heterocycles. The van der Waals surface area contributed by atoms with Crippen LogP contribution in [0.15, 0.2) is 27.5 Å². The van der Waals surface area contributed by atoms with E-state index in [1.54, 1.807) is 0 Å². The summed E-state index contributed by atoms with van der Waals surface area (Å²) >= 11 is 3.42. The molecular formula is C18H25BrN4O. The molecule has 0 aliphatic carbocycles. The maximum atomic E-state index is 12.5. The second kappa shape index (κ2) is 7.76. The number of aromatic amines is 1. The van der Waals surface area contributed by atoms with Crippen molar-refractivity contribution in [3.8, 4) is 0 Å². The number of nitrogens with one attached hydrogen (secondary N) is 1. The molecule has 1 aliphatic rings. The fourth-order valence-electron chi connectivity index (χ4n) is 3.43. The molecule has 5 nitrogen and oxygen atoms in total. The normalized spacial score (nSPS) is 18.6. The first kappa shape index (κ1) is 17.6. The van der Waals surface area contributed by atoms with E-state index in [-0.39, 0.29) is 11.6 Å². The molecule has 1 aromatic carbocycles. The Balaban J connectivity index is 1.97. The molecule has 2 aromatic rings. The molecular weight excluding hydrogens is 368 g/mol. The van der Waals surface area contributed by atoms with Gasteiger partial charge in [0.2, 0.25) is 0 Å². The average Bonchev–Trinajstić information content (AvgIpc) is 2.78. The van der Waals surface area contributed by atoms with Crippen LogP contribution < -0.4 is 5.56 Å². The lowest BCUT2D eigenvalue weighted by atomic mass is 10.1. The predicted octanol–water partition coefficient (Wildman–Crippen LogP) is 3.16. The third-order valence-electron chi connectivity index (χ3n) is 4.76. The van der Waals surface area contributed by atoms with Crippen molar-refractivity contribution in [2.75, 3.05) is 33.2 Å². The van der Waals surface area contributed by atoms with Gasteiger partial charge in [0.25, 0.3) is 5.56 Å². The van der Waals surface area contributed by atoms with E-state index < -0.39 is 0 Å². The lowest BCUT2D eigenvalue weighted by Gasteiger charge is -2.29. The van der Waals surface area contributed by atoms with Crippen LogP contribution in [0.5, 0.6) is 0 Å². The van der Waals surface area contributed by atoms with E-state index in [0.29, 0.717) is 5.39 Å². The smallest absolute Gasteiger partial charge is 0.258 e. The third-order valence-corrected chi connectivity index (χ3v) is 5.25. The van der Waals surface area contributed by atoms with Crippen molar-refractivity contribution in [3.63, 3.8) is 0 Å². The van der Waals surface area contributed by atoms with Crippen molar-refractivity contribution < 1.29 is 0 Å². The summed E-state index contributed by atoms with van der Waals surface area (Å²) in [6, 6.07) is 5.87. The number of aromatic nitrogens is 2. The number of likely N-dealkylation sites (N-methyl/N-ethyl adjacent to an activating group) is 1. The number of H-pyrrole nitrogens is 1. The van der Waals surface area contributed by atoms with E-state index in [1.165, 1.54) is 0 Å². The molecule has 0 radical (unpaired) electrons. The first-order valence-electron chi connectivity index (χ1n) is 8.70. The minimum Gasteiger partial charge on any atom is -0.309 e. The monoisotopic (exact) mass is 392 g/mol. The third kappa shape index (κ3) is 3.87. The number of nitrogens with zero attached hydrogens (tertiary/aromatic N) is 3. The molecule has 1 aliphatic heterocycles. The Bertz CT molecular complexity index is 760. The topological polar surface area (TPSA) is 52.2 Å². The number of hydrogen-bond donors (Lipinski definition) is 1. The van der Waals surface area contributed by atoms with E-state index in [1.807, 2.05) is 18.2 Å². The number of hydrogen-bond acceptors (Lipinski definition) is 4. The van der Waals surface area contributed by atoms with E-state index in [4.69, 9.17) is 4.98 Å². The number of benzene rings is 1. The Morgan fingerprint density at radius 2 is 2.12 bits per heavy atom. The van der Waals surface area contributed by atoms with Gasteiger partial charge in [-0.05, 0) is 44.6 Å². The van der Waals surface area contributed by atoms with Crippen LogP contribution in [-0.4, -0.2) is 53.0 Å². The lowest BCUT2D eigenvalue weighted by Crippen LogP contribution is -2.34. The molecule has 24 heavy (non-hydrogen) atoms. The largest absolute Gasteiger partial charge is 0.309 e. The van der Waals surface area contributed by atoms with Crippen molar-refractivity contribution in [1.29, 1.82) is 0 Å². The molecule has 3 rings (SSSR count). The number of fused-ring (bicyclic) bond motifs is 1. The van der Waals surface area contributed by atoms with Crippen molar-refractivity contribution in [2.24, 2.45) is 0 Å². The highest BCUT2D eigenvalue weighted by Crippen LogP contribution is 2.25. The molecule has 6 heteroatoms. The van der Waals surface area contributed by atoms with Crippen LogP contribution in [0.25, 0.3) is 10.9 Å². The molecule has 0 spiro atoms. The first-order chi connectivity index (χ1) is 11.6. The zero-order valence-corrected chi connectivity index (χ0v) is 16.0. The fraction of sp³-hybridized carbons (Fsp3) is 0.556. The van der Waals surface area contributed by atoms with E-state index in [0.717, 1.165) is 61.3 Å². The minimum absolute atomic E-state index is 0.0515. The van der Waals surface area contributed by atoms with E-state index >= 15 is 0 Å². The Hall–Kier alpha value is -1.24. The van der Waals surface area contributed by atoms with Gasteiger partial charge in [-0.25, -0.2) is 4.98 Å². The van der Waals surface area contributed by atoms with Gasteiger partial charge in [0.15, 0.2) is 0 Å². The molecule has 1 atom stereocenters. The fourth-order valence-corrected chi connectivity index (χ4v) is 3.79. The van der Waals surface area contributed by atoms with Gasteiger partial charge in [-0.15, -0.1) is 0 Å². The Morgan fingerprint density at radius 1 is 1.29 bits per heavy atom. The first-order valence-corrected chi connectivity index (χ1v) is 9.50. The van der Waals surface area contributed by atoms with Gasteiger partial charge in [-0.2, -0.15) is 0 Å². The quantitative estimate of drug-likeness (QED) is 0.867. The Labute approximate surface area is 151 Å². The summed E-state index contributed by atoms with van der Waals surface area (Å²) in [6.07, 6.45) is 3.23. The van der Waals surface area contributed by atoms with Crippen LogP contribution in [0.4, 0.5) is 0 Å². The summed E-state index contributed by atoms with van der Waals surface area (Å²) in [5, 5.41) is 0.638. The van der Waals surface area contributed by atoms with Gasteiger partial charge in [0.1, 0.15) is 5.82 Å². The van der Waals surface area contributed by atoms with Gasteiger partial charge < -0.3 is 9.88 Å². The van der Waals surface area contributed by atoms with Crippen LogP contribution in [0, 0.1) is 0 Å². The number of halogens is 1. The highest BCUT2D eigenvalue weighted by molar-refractivity contribution is 9.10. The highest BCUT2D eigenvalue weighted by Gasteiger charge is 2.24. The molecule has 130 valence electrons. The molecule has 1 saturated heterocycles. The molecule has 1 fully saturated rings. The van der Waals surface area contributed by atoms with Crippen molar-refractivity contribution in [2.45, 2.75) is 32.2 Å². The van der Waals surface area contributed by atoms with Crippen molar-refractivity contribution in [1.82, 2.24) is 19.8 Å². The predicted molar refractivity (Wildman–Crippen MR) is 101 cm³/mol. The van der Waals surface area contributed by atoms with Crippen LogP contribution >= 0.6 is 15.9 Å². The van der Waals surface area contributed by atoms with Gasteiger partial charge >= 0.3 is 0 Å². The van der Waals surface area contributed by atoms with Gasteiger partial charge in [0, 0.05) is 24.1 Å². The standard InChI is InChI=1S/C18H25BrN4O/c1-3-5-16(23-9-4-8-22(2)10-11-23)17-20-15-7-6-13(19)12-14(15)18(24)21-17/h6-7,12,16H,3-5,8-11H2,1-2H3,(H,20,21,24). The summed E-state index contributed by atoms with van der Waals surface area (Å²) in [7, 11) is 2.17. The van der Waals surface area contributed by atoms with Gasteiger partial charge in [-0.3, -0.25) is 9.69 Å². The SMILES string of the molecule is CCCC(c1nc2ccc(Br)cc2c(=O)[nH]1)N1CCCN(C)CC1. The van der Waals surface area contributed by atoms with Crippen LogP contribution in [0.1, 0.15) is 38.1 Å². The summed E-state index contributed by atoms with van der Waals surface area (Å²) in [5.74, 6) is 0.807. The second-order valence-corrected chi connectivity index (χ2v) is 7.53.